The predicted octanol–water partition coefficient (Wildman–Crippen LogP) is 2.67. The maximum atomic E-state index is 12.8. The smallest absolute Gasteiger partial charge is 0.285 e. The summed E-state index contributed by atoms with van der Waals surface area (Å²) in [6, 6.07) is 14.0. The van der Waals surface area contributed by atoms with E-state index in [9.17, 15) is 13.2 Å². The van der Waals surface area contributed by atoms with Crippen LogP contribution in [0.1, 0.15) is 21.5 Å². The van der Waals surface area contributed by atoms with Gasteiger partial charge in [0.1, 0.15) is 0 Å². The minimum absolute atomic E-state index is 0.0210. The van der Waals surface area contributed by atoms with Gasteiger partial charge in [0.15, 0.2) is 0 Å². The summed E-state index contributed by atoms with van der Waals surface area (Å²) in [4.78, 5) is 15.1. The average molecular weight is 458 g/mol. The Hall–Kier alpha value is -2.75. The van der Waals surface area contributed by atoms with Gasteiger partial charge in [0, 0.05) is 36.8 Å². The largest absolute Gasteiger partial charge is 0.378 e. The molecule has 1 fully saturated rings. The lowest BCUT2D eigenvalue weighted by Crippen LogP contribution is -2.40. The van der Waals surface area contributed by atoms with E-state index >= 15 is 0 Å². The molecule has 1 aliphatic heterocycles. The van der Waals surface area contributed by atoms with Gasteiger partial charge in [-0.15, -0.1) is 15.7 Å². The summed E-state index contributed by atoms with van der Waals surface area (Å²) in [6.45, 7) is 4.59. The first-order valence-corrected chi connectivity index (χ1v) is 12.2. The normalized spacial score (nSPS) is 15.3. The minimum Gasteiger partial charge on any atom is -0.378 e. The molecule has 162 valence electrons. The van der Waals surface area contributed by atoms with E-state index in [4.69, 9.17) is 4.74 Å². The molecule has 0 atom stereocenters. The first kappa shape index (κ1) is 21.5. The Bertz CT molecular complexity index is 1240. The molecule has 1 aliphatic rings. The molecule has 3 aromatic rings. The fraction of sp³-hybridized carbons (Fsp3) is 0.273. The van der Waals surface area contributed by atoms with E-state index in [1.807, 2.05) is 25.1 Å². The number of hydrogen-bond acceptors (Lipinski definition) is 5. The minimum atomic E-state index is -3.81. The third-order valence-electron chi connectivity index (χ3n) is 5.00. The molecule has 2 aromatic carbocycles. The summed E-state index contributed by atoms with van der Waals surface area (Å²) in [5.41, 5.74) is 2.49. The third kappa shape index (κ3) is 5.12. The van der Waals surface area contributed by atoms with E-state index in [2.05, 4.69) is 4.40 Å². The summed E-state index contributed by atoms with van der Waals surface area (Å²) in [6.07, 6.45) is 1.80. The Labute approximate surface area is 185 Å². The molecule has 1 saturated heterocycles. The van der Waals surface area contributed by atoms with Crippen molar-refractivity contribution < 1.29 is 17.9 Å². The second kappa shape index (κ2) is 9.17. The molecule has 1 amide bonds. The number of aryl methyl sites for hydroxylation is 1. The molecule has 1 aromatic heterocycles. The summed E-state index contributed by atoms with van der Waals surface area (Å²) in [5.74, 6) is -0.0210. The van der Waals surface area contributed by atoms with Crippen LogP contribution in [-0.2, 0) is 21.3 Å². The molecule has 7 nitrogen and oxygen atoms in total. The first-order chi connectivity index (χ1) is 14.9. The van der Waals surface area contributed by atoms with Gasteiger partial charge in [0.05, 0.1) is 18.1 Å². The summed E-state index contributed by atoms with van der Waals surface area (Å²) in [5, 5.41) is 1.80. The van der Waals surface area contributed by atoms with E-state index in [1.165, 1.54) is 11.3 Å². The van der Waals surface area contributed by atoms with Gasteiger partial charge in [-0.05, 0) is 36.8 Å². The van der Waals surface area contributed by atoms with E-state index in [0.29, 0.717) is 43.2 Å². The number of thiazole rings is 1. The highest BCUT2D eigenvalue weighted by Crippen LogP contribution is 2.14. The van der Waals surface area contributed by atoms with Crippen molar-refractivity contribution >= 4 is 27.3 Å². The monoisotopic (exact) mass is 457 g/mol. The van der Waals surface area contributed by atoms with Crippen LogP contribution in [0.5, 0.6) is 0 Å². The third-order valence-corrected chi connectivity index (χ3v) is 7.19. The summed E-state index contributed by atoms with van der Waals surface area (Å²) in [7, 11) is -3.81. The molecule has 2 heterocycles. The Morgan fingerprint density at radius 2 is 1.87 bits per heavy atom. The van der Waals surface area contributed by atoms with Crippen LogP contribution in [0, 0.1) is 6.92 Å². The van der Waals surface area contributed by atoms with Crippen LogP contribution in [0.4, 0.5) is 0 Å². The van der Waals surface area contributed by atoms with Crippen LogP contribution in [0.25, 0.3) is 0 Å². The highest BCUT2D eigenvalue weighted by atomic mass is 32.2. The SMILES string of the molecule is Cc1ccc(S(=O)(=O)/N=c2\sccn2Cc2cccc(C(=O)N3CCOCC3)c2)cc1. The second-order valence-electron chi connectivity index (χ2n) is 7.30. The van der Waals surface area contributed by atoms with E-state index in [0.717, 1.165) is 11.1 Å². The Morgan fingerprint density at radius 3 is 2.61 bits per heavy atom. The van der Waals surface area contributed by atoms with Crippen LogP contribution in [0.15, 0.2) is 69.4 Å². The molecule has 0 aliphatic carbocycles. The molecule has 0 radical (unpaired) electrons. The fourth-order valence-electron chi connectivity index (χ4n) is 3.30. The topological polar surface area (TPSA) is 81.0 Å². The number of ether oxygens (including phenoxy) is 1. The van der Waals surface area contributed by atoms with Crippen molar-refractivity contribution in [2.75, 3.05) is 26.3 Å². The summed E-state index contributed by atoms with van der Waals surface area (Å²) < 4.78 is 36.5. The number of aromatic nitrogens is 1. The standard InChI is InChI=1S/C22H23N3O4S2/c1-17-5-7-20(8-6-17)31(27,28)23-22-25(11-14-30-22)16-18-3-2-4-19(15-18)21(26)24-9-12-29-13-10-24/h2-8,11,14-15H,9-10,12-13,16H2,1H3/b23-22-. The van der Waals surface area contributed by atoms with Gasteiger partial charge in [-0.1, -0.05) is 29.8 Å². The van der Waals surface area contributed by atoms with Gasteiger partial charge in [0.25, 0.3) is 15.9 Å². The first-order valence-electron chi connectivity index (χ1n) is 9.90. The van der Waals surface area contributed by atoms with Crippen molar-refractivity contribution in [1.82, 2.24) is 9.47 Å². The zero-order chi connectivity index (χ0) is 21.8. The van der Waals surface area contributed by atoms with Crippen LogP contribution in [0.3, 0.4) is 0 Å². The Kier molecular flexibility index (Phi) is 6.35. The summed E-state index contributed by atoms with van der Waals surface area (Å²) >= 11 is 1.25. The maximum Gasteiger partial charge on any atom is 0.285 e. The van der Waals surface area contributed by atoms with Crippen LogP contribution >= 0.6 is 11.3 Å². The highest BCUT2D eigenvalue weighted by molar-refractivity contribution is 7.90. The zero-order valence-electron chi connectivity index (χ0n) is 17.1. The van der Waals surface area contributed by atoms with Crippen molar-refractivity contribution in [2.24, 2.45) is 4.40 Å². The van der Waals surface area contributed by atoms with Crippen molar-refractivity contribution in [3.63, 3.8) is 0 Å². The quantitative estimate of drug-likeness (QED) is 0.590. The average Bonchev–Trinajstić information content (AvgIpc) is 3.20. The predicted molar refractivity (Wildman–Crippen MR) is 119 cm³/mol. The number of amides is 1. The molecule has 0 bridgehead atoms. The van der Waals surface area contributed by atoms with Crippen molar-refractivity contribution in [3.8, 4) is 0 Å². The number of nitrogens with zero attached hydrogens (tertiary/aromatic N) is 3. The lowest BCUT2D eigenvalue weighted by Gasteiger charge is -2.27. The number of carbonyl (C=O) groups excluding carboxylic acids is 1. The molecule has 0 saturated carbocycles. The molecular weight excluding hydrogens is 434 g/mol. The Balaban J connectivity index is 1.58. The van der Waals surface area contributed by atoms with Crippen LogP contribution < -0.4 is 4.80 Å². The number of hydrogen-bond donors (Lipinski definition) is 0. The van der Waals surface area contributed by atoms with Gasteiger partial charge >= 0.3 is 0 Å². The van der Waals surface area contributed by atoms with Gasteiger partial charge in [-0.3, -0.25) is 4.79 Å². The van der Waals surface area contributed by atoms with Crippen LogP contribution in [0.2, 0.25) is 0 Å². The van der Waals surface area contributed by atoms with Gasteiger partial charge in [0.2, 0.25) is 4.80 Å². The van der Waals surface area contributed by atoms with E-state index in [-0.39, 0.29) is 10.8 Å². The van der Waals surface area contributed by atoms with Crippen LogP contribution in [-0.4, -0.2) is 50.1 Å². The molecule has 0 N–H and O–H groups in total. The molecule has 31 heavy (non-hydrogen) atoms. The molecule has 0 spiro atoms. The number of morpholine rings is 1. The molecular formula is C22H23N3O4S2. The van der Waals surface area contributed by atoms with E-state index < -0.39 is 10.0 Å². The highest BCUT2D eigenvalue weighted by Gasteiger charge is 2.19. The van der Waals surface area contributed by atoms with E-state index in [1.54, 1.807) is 51.4 Å². The number of carbonyl (C=O) groups is 1. The van der Waals surface area contributed by atoms with Gasteiger partial charge in [-0.25, -0.2) is 0 Å². The number of rotatable bonds is 5. The van der Waals surface area contributed by atoms with Gasteiger partial charge in [-0.2, -0.15) is 8.42 Å². The molecule has 0 unspecified atom stereocenters. The molecule has 4 rings (SSSR count). The molecule has 9 heteroatoms. The lowest BCUT2D eigenvalue weighted by atomic mass is 10.1. The number of benzene rings is 2. The second-order valence-corrected chi connectivity index (χ2v) is 9.77. The lowest BCUT2D eigenvalue weighted by molar-refractivity contribution is 0.0303. The maximum absolute atomic E-state index is 12.8. The van der Waals surface area contributed by atoms with Crippen molar-refractivity contribution in [2.45, 2.75) is 18.4 Å². The number of sulfonamides is 1. The Morgan fingerprint density at radius 1 is 1.13 bits per heavy atom. The van der Waals surface area contributed by atoms with Gasteiger partial charge < -0.3 is 14.2 Å². The van der Waals surface area contributed by atoms with Crippen molar-refractivity contribution in [3.05, 3.63) is 81.6 Å². The van der Waals surface area contributed by atoms with Crippen molar-refractivity contribution in [1.29, 1.82) is 0 Å². The zero-order valence-corrected chi connectivity index (χ0v) is 18.7. The fourth-order valence-corrected chi connectivity index (χ4v) is 5.26.